The van der Waals surface area contributed by atoms with E-state index < -0.39 is 0 Å². The third-order valence-electron chi connectivity index (χ3n) is 3.93. The van der Waals surface area contributed by atoms with Gasteiger partial charge in [0, 0.05) is 10.9 Å². The maximum Gasteiger partial charge on any atom is 0.00757 e. The lowest BCUT2D eigenvalue weighted by atomic mass is 9.81. The van der Waals surface area contributed by atoms with E-state index in [1.165, 1.54) is 37.1 Å². The van der Waals surface area contributed by atoms with Gasteiger partial charge in [-0.05, 0) is 61.6 Å². The second-order valence-electron chi connectivity index (χ2n) is 5.34. The van der Waals surface area contributed by atoms with Crippen molar-refractivity contribution in [1.29, 1.82) is 0 Å². The van der Waals surface area contributed by atoms with E-state index in [1.807, 2.05) is 11.3 Å². The van der Waals surface area contributed by atoms with E-state index in [0.29, 0.717) is 5.41 Å². The van der Waals surface area contributed by atoms with E-state index in [9.17, 15) is 0 Å². The Hall–Kier alpha value is -0.340. The molecule has 0 saturated heterocycles. The number of rotatable bonds is 4. The summed E-state index contributed by atoms with van der Waals surface area (Å²) in [5.74, 6) is 0. The van der Waals surface area contributed by atoms with Gasteiger partial charge in [0.1, 0.15) is 0 Å². The zero-order chi connectivity index (χ0) is 11.6. The van der Waals surface area contributed by atoms with E-state index in [1.54, 1.807) is 5.56 Å². The van der Waals surface area contributed by atoms with Gasteiger partial charge in [-0.3, -0.25) is 0 Å². The van der Waals surface area contributed by atoms with Crippen LogP contribution >= 0.6 is 11.3 Å². The van der Waals surface area contributed by atoms with Gasteiger partial charge in [0.05, 0.1) is 0 Å². The summed E-state index contributed by atoms with van der Waals surface area (Å²) in [6.45, 7) is 8.11. The van der Waals surface area contributed by atoms with Gasteiger partial charge in [-0.1, -0.05) is 13.8 Å². The topological polar surface area (TPSA) is 12.0 Å². The van der Waals surface area contributed by atoms with E-state index >= 15 is 0 Å². The number of thiophene rings is 1. The highest BCUT2D eigenvalue weighted by molar-refractivity contribution is 7.10. The molecule has 2 heteroatoms. The van der Waals surface area contributed by atoms with Crippen molar-refractivity contribution in [1.82, 2.24) is 5.32 Å². The van der Waals surface area contributed by atoms with Crippen LogP contribution in [-0.2, 0) is 5.41 Å². The summed E-state index contributed by atoms with van der Waals surface area (Å²) in [6, 6.07) is 3.08. The lowest BCUT2D eigenvalue weighted by Crippen LogP contribution is -2.29. The molecule has 0 spiro atoms. The molecule has 1 aromatic heterocycles. The van der Waals surface area contributed by atoms with Crippen molar-refractivity contribution >= 4 is 11.3 Å². The summed E-state index contributed by atoms with van der Waals surface area (Å²) in [5.41, 5.74) is 2.02. The zero-order valence-electron chi connectivity index (χ0n) is 10.7. The van der Waals surface area contributed by atoms with Gasteiger partial charge < -0.3 is 5.32 Å². The van der Waals surface area contributed by atoms with Crippen LogP contribution in [0.1, 0.15) is 50.0 Å². The van der Waals surface area contributed by atoms with Crippen LogP contribution in [0, 0.1) is 6.92 Å². The van der Waals surface area contributed by atoms with Crippen LogP contribution in [0.3, 0.4) is 0 Å². The first-order chi connectivity index (χ1) is 7.65. The molecule has 2 unspecified atom stereocenters. The summed E-state index contributed by atoms with van der Waals surface area (Å²) >= 11 is 1.89. The van der Waals surface area contributed by atoms with Gasteiger partial charge in [0.25, 0.3) is 0 Å². The van der Waals surface area contributed by atoms with Crippen LogP contribution in [0.25, 0.3) is 0 Å². The summed E-state index contributed by atoms with van der Waals surface area (Å²) in [7, 11) is 0. The van der Waals surface area contributed by atoms with Gasteiger partial charge in [0.15, 0.2) is 0 Å². The SMILES string of the molecule is CCCNC1CCC(C)(c2ccsc2C)C1. The largest absolute Gasteiger partial charge is 0.314 e. The number of nitrogens with one attached hydrogen (secondary N) is 1. The predicted octanol–water partition coefficient (Wildman–Crippen LogP) is 3.87. The highest BCUT2D eigenvalue weighted by Crippen LogP contribution is 2.43. The molecule has 2 rings (SSSR count). The average molecular weight is 237 g/mol. The second kappa shape index (κ2) is 4.89. The van der Waals surface area contributed by atoms with Crippen LogP contribution in [0.4, 0.5) is 0 Å². The molecule has 1 aromatic rings. The van der Waals surface area contributed by atoms with E-state index in [2.05, 4.69) is 37.5 Å². The molecule has 0 bridgehead atoms. The Morgan fingerprint density at radius 3 is 3.00 bits per heavy atom. The molecule has 90 valence electrons. The minimum atomic E-state index is 0.426. The van der Waals surface area contributed by atoms with Crippen LogP contribution in [0.15, 0.2) is 11.4 Å². The lowest BCUT2D eigenvalue weighted by molar-refractivity contribution is 0.452. The Bertz CT molecular complexity index is 344. The van der Waals surface area contributed by atoms with Crippen molar-refractivity contribution in [2.24, 2.45) is 0 Å². The molecular weight excluding hydrogens is 214 g/mol. The fraction of sp³-hybridized carbons (Fsp3) is 0.714. The predicted molar refractivity (Wildman–Crippen MR) is 72.3 cm³/mol. The molecule has 1 nitrogen and oxygen atoms in total. The van der Waals surface area contributed by atoms with Crippen LogP contribution in [0.5, 0.6) is 0 Å². The maximum atomic E-state index is 3.67. The molecule has 2 atom stereocenters. The average Bonchev–Trinajstić information content (AvgIpc) is 2.83. The quantitative estimate of drug-likeness (QED) is 0.838. The number of aryl methyl sites for hydroxylation is 1. The summed E-state index contributed by atoms with van der Waals surface area (Å²) in [5, 5.41) is 5.91. The first kappa shape index (κ1) is 12.1. The summed E-state index contributed by atoms with van der Waals surface area (Å²) < 4.78 is 0. The normalized spacial score (nSPS) is 29.8. The number of hydrogen-bond donors (Lipinski definition) is 1. The Labute approximate surface area is 103 Å². The maximum absolute atomic E-state index is 3.67. The Balaban J connectivity index is 2.03. The van der Waals surface area contributed by atoms with Gasteiger partial charge in [-0.25, -0.2) is 0 Å². The monoisotopic (exact) mass is 237 g/mol. The lowest BCUT2D eigenvalue weighted by Gasteiger charge is -2.25. The van der Waals surface area contributed by atoms with E-state index in [4.69, 9.17) is 0 Å². The van der Waals surface area contributed by atoms with E-state index in [0.717, 1.165) is 6.04 Å². The molecule has 1 N–H and O–H groups in total. The summed E-state index contributed by atoms with van der Waals surface area (Å²) in [4.78, 5) is 1.51. The second-order valence-corrected chi connectivity index (χ2v) is 6.47. The van der Waals surface area contributed by atoms with Crippen molar-refractivity contribution < 1.29 is 0 Å². The molecule has 1 saturated carbocycles. The third kappa shape index (κ3) is 2.33. The smallest absolute Gasteiger partial charge is 0.00757 e. The van der Waals surface area contributed by atoms with Gasteiger partial charge in [-0.2, -0.15) is 0 Å². The molecule has 1 fully saturated rings. The molecule has 1 aliphatic rings. The van der Waals surface area contributed by atoms with Crippen molar-refractivity contribution in [2.45, 2.75) is 57.9 Å². The van der Waals surface area contributed by atoms with Crippen LogP contribution in [-0.4, -0.2) is 12.6 Å². The highest BCUT2D eigenvalue weighted by Gasteiger charge is 2.37. The fourth-order valence-corrected chi connectivity index (χ4v) is 3.87. The molecule has 0 aliphatic heterocycles. The van der Waals surface area contributed by atoms with Crippen LogP contribution in [0.2, 0.25) is 0 Å². The molecular formula is C14H23NS. The van der Waals surface area contributed by atoms with Crippen molar-refractivity contribution in [3.05, 3.63) is 21.9 Å². The Morgan fingerprint density at radius 1 is 1.56 bits per heavy atom. The first-order valence-electron chi connectivity index (χ1n) is 6.43. The molecule has 1 heterocycles. The Morgan fingerprint density at radius 2 is 2.38 bits per heavy atom. The highest BCUT2D eigenvalue weighted by atomic mass is 32.1. The van der Waals surface area contributed by atoms with Crippen molar-refractivity contribution in [3.63, 3.8) is 0 Å². The fourth-order valence-electron chi connectivity index (χ4n) is 3.02. The zero-order valence-corrected chi connectivity index (χ0v) is 11.5. The van der Waals surface area contributed by atoms with Gasteiger partial charge in [-0.15, -0.1) is 11.3 Å². The van der Waals surface area contributed by atoms with Crippen molar-refractivity contribution in [3.8, 4) is 0 Å². The minimum Gasteiger partial charge on any atom is -0.314 e. The minimum absolute atomic E-state index is 0.426. The summed E-state index contributed by atoms with van der Waals surface area (Å²) in [6.07, 6.45) is 5.23. The van der Waals surface area contributed by atoms with Gasteiger partial charge >= 0.3 is 0 Å². The molecule has 0 aromatic carbocycles. The molecule has 1 aliphatic carbocycles. The van der Waals surface area contributed by atoms with Crippen LogP contribution < -0.4 is 5.32 Å². The molecule has 16 heavy (non-hydrogen) atoms. The molecule has 0 amide bonds. The standard InChI is InChI=1S/C14H23NS/c1-4-8-15-12-5-7-14(3,10-12)13-6-9-16-11(13)2/h6,9,12,15H,4-5,7-8,10H2,1-3H3. The Kier molecular flexibility index (Phi) is 3.70. The molecule has 0 radical (unpaired) electrons. The van der Waals surface area contributed by atoms with E-state index in [-0.39, 0.29) is 0 Å². The number of hydrogen-bond acceptors (Lipinski definition) is 2. The first-order valence-corrected chi connectivity index (χ1v) is 7.31. The van der Waals surface area contributed by atoms with Gasteiger partial charge in [0.2, 0.25) is 0 Å². The van der Waals surface area contributed by atoms with Crippen molar-refractivity contribution in [2.75, 3.05) is 6.54 Å². The third-order valence-corrected chi connectivity index (χ3v) is 4.78.